The van der Waals surface area contributed by atoms with E-state index in [1.165, 1.54) is 12.1 Å². The number of likely N-dealkylation sites (tertiary alicyclic amines) is 1. The van der Waals surface area contributed by atoms with Crippen molar-refractivity contribution in [2.45, 2.75) is 50.1 Å². The molecule has 1 heterocycles. The van der Waals surface area contributed by atoms with E-state index in [0.717, 1.165) is 19.1 Å². The van der Waals surface area contributed by atoms with Crippen molar-refractivity contribution in [2.75, 3.05) is 6.26 Å². The molecule has 0 N–H and O–H groups in total. The highest BCUT2D eigenvalue weighted by molar-refractivity contribution is 7.90. The lowest BCUT2D eigenvalue weighted by atomic mass is 10.0. The third-order valence-electron chi connectivity index (χ3n) is 4.02. The second-order valence-electron chi connectivity index (χ2n) is 6.17. The molecule has 20 heavy (non-hydrogen) atoms. The van der Waals surface area contributed by atoms with Gasteiger partial charge in [0, 0.05) is 23.4 Å². The largest absolute Gasteiger partial charge is 0.331 e. The van der Waals surface area contributed by atoms with Crippen LogP contribution in [0.1, 0.15) is 44.0 Å². The Bertz CT molecular complexity index is 617. The molecule has 1 atom stereocenters. The van der Waals surface area contributed by atoms with Crippen molar-refractivity contribution in [2.24, 2.45) is 0 Å². The van der Waals surface area contributed by atoms with Crippen molar-refractivity contribution >= 4 is 15.7 Å². The van der Waals surface area contributed by atoms with Crippen LogP contribution in [-0.2, 0) is 9.84 Å². The number of sulfone groups is 1. The molecule has 4 nitrogen and oxygen atoms in total. The minimum atomic E-state index is -3.22. The fraction of sp³-hybridized carbons (Fsp3) is 0.533. The van der Waals surface area contributed by atoms with Gasteiger partial charge in [-0.05, 0) is 57.9 Å². The Morgan fingerprint density at radius 3 is 2.20 bits per heavy atom. The molecule has 0 aromatic heterocycles. The molecule has 1 aliphatic heterocycles. The molecule has 1 saturated heterocycles. The Hall–Kier alpha value is -1.36. The standard InChI is InChI=1S/C15H21NO3S/c1-11-9-10-15(2,3)16(11)14(17)12-5-7-13(8-6-12)20(4,18)19/h5-8,11H,9-10H2,1-4H3. The number of hydrogen-bond donors (Lipinski definition) is 0. The maximum Gasteiger partial charge on any atom is 0.254 e. The first-order valence-electron chi connectivity index (χ1n) is 6.77. The van der Waals surface area contributed by atoms with Gasteiger partial charge in [-0.3, -0.25) is 4.79 Å². The Morgan fingerprint density at radius 1 is 1.25 bits per heavy atom. The van der Waals surface area contributed by atoms with Crippen LogP contribution in [0, 0.1) is 0 Å². The molecule has 0 aliphatic carbocycles. The second kappa shape index (κ2) is 4.88. The number of benzene rings is 1. The van der Waals surface area contributed by atoms with Gasteiger partial charge in [0.2, 0.25) is 0 Å². The van der Waals surface area contributed by atoms with E-state index in [-0.39, 0.29) is 22.4 Å². The molecule has 0 spiro atoms. The fourth-order valence-corrected chi connectivity index (χ4v) is 3.50. The molecule has 5 heteroatoms. The van der Waals surface area contributed by atoms with Crippen LogP contribution < -0.4 is 0 Å². The molecule has 0 saturated carbocycles. The van der Waals surface area contributed by atoms with Crippen molar-refractivity contribution < 1.29 is 13.2 Å². The van der Waals surface area contributed by atoms with Crippen LogP contribution in [-0.4, -0.2) is 37.1 Å². The van der Waals surface area contributed by atoms with Crippen LogP contribution in [0.5, 0.6) is 0 Å². The molecule has 1 aromatic rings. The molecule has 1 unspecified atom stereocenters. The van der Waals surface area contributed by atoms with Gasteiger partial charge < -0.3 is 4.90 Å². The average molecular weight is 295 g/mol. The van der Waals surface area contributed by atoms with E-state index in [1.54, 1.807) is 12.1 Å². The lowest BCUT2D eigenvalue weighted by molar-refractivity contribution is 0.0578. The quantitative estimate of drug-likeness (QED) is 0.842. The van der Waals surface area contributed by atoms with Crippen LogP contribution in [0.3, 0.4) is 0 Å². The predicted octanol–water partition coefficient (Wildman–Crippen LogP) is 2.49. The molecular weight excluding hydrogens is 274 g/mol. The lowest BCUT2D eigenvalue weighted by Gasteiger charge is -2.34. The van der Waals surface area contributed by atoms with Crippen LogP contribution in [0.15, 0.2) is 29.2 Å². The highest BCUT2D eigenvalue weighted by Crippen LogP contribution is 2.34. The summed E-state index contributed by atoms with van der Waals surface area (Å²) in [5.41, 5.74) is 0.394. The van der Waals surface area contributed by atoms with E-state index in [2.05, 4.69) is 20.8 Å². The van der Waals surface area contributed by atoms with Gasteiger partial charge >= 0.3 is 0 Å². The number of carbonyl (C=O) groups is 1. The molecule has 1 amide bonds. The van der Waals surface area contributed by atoms with E-state index >= 15 is 0 Å². The summed E-state index contributed by atoms with van der Waals surface area (Å²) in [6, 6.07) is 6.40. The smallest absolute Gasteiger partial charge is 0.254 e. The Kier molecular flexibility index (Phi) is 3.67. The zero-order valence-corrected chi connectivity index (χ0v) is 13.2. The van der Waals surface area contributed by atoms with E-state index in [0.29, 0.717) is 5.56 Å². The van der Waals surface area contributed by atoms with Gasteiger partial charge in [-0.2, -0.15) is 0 Å². The average Bonchev–Trinajstić information content (AvgIpc) is 2.62. The molecule has 1 fully saturated rings. The Labute approximate surface area is 120 Å². The molecule has 0 radical (unpaired) electrons. The summed E-state index contributed by atoms with van der Waals surface area (Å²) < 4.78 is 22.9. The first-order chi connectivity index (χ1) is 9.13. The number of carbonyl (C=O) groups excluding carboxylic acids is 1. The minimum Gasteiger partial charge on any atom is -0.331 e. The van der Waals surface area contributed by atoms with Crippen molar-refractivity contribution in [1.29, 1.82) is 0 Å². The van der Waals surface area contributed by atoms with Crippen molar-refractivity contribution in [3.05, 3.63) is 29.8 Å². The molecular formula is C15H21NO3S. The molecule has 110 valence electrons. The highest BCUT2D eigenvalue weighted by atomic mass is 32.2. The van der Waals surface area contributed by atoms with Crippen LogP contribution in [0.4, 0.5) is 0 Å². The molecule has 1 aliphatic rings. The van der Waals surface area contributed by atoms with Gasteiger partial charge in [0.15, 0.2) is 9.84 Å². The van der Waals surface area contributed by atoms with Gasteiger partial charge in [0.05, 0.1) is 4.90 Å². The summed E-state index contributed by atoms with van der Waals surface area (Å²) in [6.45, 7) is 6.19. The number of amides is 1. The minimum absolute atomic E-state index is 0.0277. The molecule has 0 bridgehead atoms. The SMILES string of the molecule is CC1CCC(C)(C)N1C(=O)c1ccc(S(C)(=O)=O)cc1. The van der Waals surface area contributed by atoms with Crippen molar-refractivity contribution in [1.82, 2.24) is 4.90 Å². The fourth-order valence-electron chi connectivity index (χ4n) is 2.87. The molecule has 1 aromatic carbocycles. The maximum absolute atomic E-state index is 12.6. The van der Waals surface area contributed by atoms with E-state index < -0.39 is 9.84 Å². The molecule has 2 rings (SSSR count). The first kappa shape index (κ1) is 15.0. The van der Waals surface area contributed by atoms with Gasteiger partial charge in [-0.25, -0.2) is 8.42 Å². The van der Waals surface area contributed by atoms with Crippen LogP contribution >= 0.6 is 0 Å². The Balaban J connectivity index is 2.30. The first-order valence-corrected chi connectivity index (χ1v) is 8.66. The summed E-state index contributed by atoms with van der Waals surface area (Å²) in [4.78, 5) is 14.8. The summed E-state index contributed by atoms with van der Waals surface area (Å²) in [6.07, 6.45) is 3.15. The third kappa shape index (κ3) is 2.73. The normalized spacial score (nSPS) is 22.0. The van der Waals surface area contributed by atoms with E-state index in [1.807, 2.05) is 4.90 Å². The monoisotopic (exact) mass is 295 g/mol. The summed E-state index contributed by atoms with van der Waals surface area (Å²) >= 11 is 0. The van der Waals surface area contributed by atoms with Gasteiger partial charge in [0.25, 0.3) is 5.91 Å². The van der Waals surface area contributed by atoms with Crippen LogP contribution in [0.25, 0.3) is 0 Å². The summed E-state index contributed by atoms with van der Waals surface area (Å²) in [5.74, 6) is -0.0277. The van der Waals surface area contributed by atoms with E-state index in [4.69, 9.17) is 0 Å². The lowest BCUT2D eigenvalue weighted by Crippen LogP contribution is -2.46. The second-order valence-corrected chi connectivity index (χ2v) is 8.19. The van der Waals surface area contributed by atoms with Gasteiger partial charge in [-0.1, -0.05) is 0 Å². The van der Waals surface area contributed by atoms with E-state index in [9.17, 15) is 13.2 Å². The highest BCUT2D eigenvalue weighted by Gasteiger charge is 2.40. The zero-order valence-electron chi connectivity index (χ0n) is 12.4. The van der Waals surface area contributed by atoms with Crippen LogP contribution in [0.2, 0.25) is 0 Å². The summed E-state index contributed by atoms with van der Waals surface area (Å²) in [5, 5.41) is 0. The predicted molar refractivity (Wildman–Crippen MR) is 78.5 cm³/mol. The summed E-state index contributed by atoms with van der Waals surface area (Å²) in [7, 11) is -3.22. The third-order valence-corrected chi connectivity index (χ3v) is 5.14. The van der Waals surface area contributed by atoms with Gasteiger partial charge in [-0.15, -0.1) is 0 Å². The maximum atomic E-state index is 12.6. The number of rotatable bonds is 2. The van der Waals surface area contributed by atoms with Crippen molar-refractivity contribution in [3.63, 3.8) is 0 Å². The topological polar surface area (TPSA) is 54.5 Å². The van der Waals surface area contributed by atoms with Gasteiger partial charge in [0.1, 0.15) is 0 Å². The number of nitrogens with zero attached hydrogens (tertiary/aromatic N) is 1. The Morgan fingerprint density at radius 2 is 1.80 bits per heavy atom. The zero-order chi connectivity index (χ0) is 15.1. The van der Waals surface area contributed by atoms with Crippen molar-refractivity contribution in [3.8, 4) is 0 Å². The number of hydrogen-bond acceptors (Lipinski definition) is 3.